The van der Waals surface area contributed by atoms with E-state index in [-0.39, 0.29) is 0 Å². The highest BCUT2D eigenvalue weighted by Crippen LogP contribution is 2.43. The molecule has 4 heterocycles. The van der Waals surface area contributed by atoms with Crippen LogP contribution in [0.5, 0.6) is 0 Å². The lowest BCUT2D eigenvalue weighted by Gasteiger charge is -2.08. The summed E-state index contributed by atoms with van der Waals surface area (Å²) in [4.78, 5) is 10.3. The van der Waals surface area contributed by atoms with Crippen LogP contribution >= 0.6 is 22.7 Å². The van der Waals surface area contributed by atoms with E-state index in [1.54, 1.807) is 11.3 Å². The molecular weight excluding hydrogens is 587 g/mol. The van der Waals surface area contributed by atoms with Gasteiger partial charge in [-0.25, -0.2) is 9.97 Å². The summed E-state index contributed by atoms with van der Waals surface area (Å²) >= 11 is 3.65. The minimum absolute atomic E-state index is 0.750. The average Bonchev–Trinajstić information content (AvgIpc) is 3.76. The Hall–Kier alpha value is -5.36. The van der Waals surface area contributed by atoms with E-state index in [1.807, 2.05) is 29.5 Å². The summed E-state index contributed by atoms with van der Waals surface area (Å²) in [6, 6.07) is 49.9. The zero-order chi connectivity index (χ0) is 29.5. The van der Waals surface area contributed by atoms with Gasteiger partial charge in [-0.3, -0.25) is 0 Å². The molecule has 0 saturated carbocycles. The van der Waals surface area contributed by atoms with E-state index in [2.05, 4.69) is 126 Å². The van der Waals surface area contributed by atoms with Crippen molar-refractivity contribution < 1.29 is 0 Å². The lowest BCUT2D eigenvalue weighted by Crippen LogP contribution is -1.94. The first-order valence-electron chi connectivity index (χ1n) is 15.0. The lowest BCUT2D eigenvalue weighted by atomic mass is 10.1. The fourth-order valence-electron chi connectivity index (χ4n) is 6.74. The van der Waals surface area contributed by atoms with Crippen molar-refractivity contribution in [3.8, 4) is 28.3 Å². The molecule has 45 heavy (non-hydrogen) atoms. The molecule has 4 aromatic heterocycles. The van der Waals surface area contributed by atoms with Crippen LogP contribution in [0.4, 0.5) is 0 Å². The van der Waals surface area contributed by atoms with Crippen LogP contribution < -0.4 is 0 Å². The van der Waals surface area contributed by atoms with Gasteiger partial charge in [0.15, 0.2) is 5.82 Å². The molecule has 5 heteroatoms. The smallest absolute Gasteiger partial charge is 0.160 e. The lowest BCUT2D eigenvalue weighted by molar-refractivity contribution is 1.19. The van der Waals surface area contributed by atoms with Crippen molar-refractivity contribution >= 4 is 85.0 Å². The fourth-order valence-corrected chi connectivity index (χ4v) is 9.06. The molecule has 0 fully saturated rings. The second kappa shape index (κ2) is 9.57. The van der Waals surface area contributed by atoms with Crippen LogP contribution in [-0.4, -0.2) is 14.5 Å². The van der Waals surface area contributed by atoms with Gasteiger partial charge in [0.1, 0.15) is 0 Å². The molecule has 0 N–H and O–H groups in total. The summed E-state index contributed by atoms with van der Waals surface area (Å²) in [5, 5.41) is 6.34. The van der Waals surface area contributed by atoms with Crippen LogP contribution in [0.1, 0.15) is 0 Å². The minimum atomic E-state index is 0.750. The quantitative estimate of drug-likeness (QED) is 0.199. The van der Waals surface area contributed by atoms with Crippen molar-refractivity contribution in [2.24, 2.45) is 0 Å². The highest BCUT2D eigenvalue weighted by atomic mass is 32.1. The van der Waals surface area contributed by atoms with Crippen LogP contribution in [0.2, 0.25) is 0 Å². The first kappa shape index (κ1) is 25.0. The van der Waals surface area contributed by atoms with Gasteiger partial charge < -0.3 is 4.57 Å². The van der Waals surface area contributed by atoms with Crippen molar-refractivity contribution in [3.63, 3.8) is 0 Å². The van der Waals surface area contributed by atoms with E-state index < -0.39 is 0 Å². The van der Waals surface area contributed by atoms with Crippen molar-refractivity contribution in [1.82, 2.24) is 14.5 Å². The Balaban J connectivity index is 1.25. The van der Waals surface area contributed by atoms with Crippen LogP contribution in [-0.2, 0) is 0 Å². The summed E-state index contributed by atoms with van der Waals surface area (Å²) < 4.78 is 7.40. The molecular formula is C40H23N3S2. The van der Waals surface area contributed by atoms with Gasteiger partial charge in [-0.15, -0.1) is 22.7 Å². The van der Waals surface area contributed by atoms with E-state index in [4.69, 9.17) is 9.97 Å². The largest absolute Gasteiger partial charge is 0.309 e. The summed E-state index contributed by atoms with van der Waals surface area (Å²) in [7, 11) is 0. The standard InChI is InChI=1S/C40H23N3S2/c1-3-11-24(12-4-1)37-39-38(42-40(41-37)25-13-5-2-6-14-25)29-20-19-26(21-35(29)45-39)43-32-17-9-7-15-27(32)30-23-36-31(22-33(30)43)28-16-8-10-18-34(28)44-36/h1-23H. The van der Waals surface area contributed by atoms with Gasteiger partial charge in [0, 0.05) is 57.8 Å². The van der Waals surface area contributed by atoms with Crippen molar-refractivity contribution in [2.45, 2.75) is 0 Å². The molecule has 10 rings (SSSR count). The number of aromatic nitrogens is 3. The van der Waals surface area contributed by atoms with Crippen LogP contribution in [0.3, 0.4) is 0 Å². The summed E-state index contributed by atoms with van der Waals surface area (Å²) in [6.07, 6.45) is 0. The molecule has 0 aliphatic heterocycles. The molecule has 10 aromatic rings. The van der Waals surface area contributed by atoms with Gasteiger partial charge in [-0.1, -0.05) is 97.1 Å². The SMILES string of the molecule is c1ccc(-c2nc(-c3ccccc3)c3sc4cc(-n5c6ccccc6c6cc7sc8ccccc8c7cc65)ccc4c3n2)cc1. The number of para-hydroxylation sites is 1. The van der Waals surface area contributed by atoms with Gasteiger partial charge in [0.05, 0.1) is 26.9 Å². The third-order valence-electron chi connectivity index (χ3n) is 8.81. The zero-order valence-electron chi connectivity index (χ0n) is 23.9. The first-order chi connectivity index (χ1) is 22.3. The van der Waals surface area contributed by atoms with Gasteiger partial charge >= 0.3 is 0 Å². The Morgan fingerprint density at radius 3 is 2.00 bits per heavy atom. The molecule has 0 amide bonds. The van der Waals surface area contributed by atoms with E-state index in [9.17, 15) is 0 Å². The molecule has 0 atom stereocenters. The van der Waals surface area contributed by atoms with E-state index in [0.717, 1.165) is 43.9 Å². The molecule has 210 valence electrons. The number of hydrogen-bond donors (Lipinski definition) is 0. The zero-order valence-corrected chi connectivity index (χ0v) is 25.6. The molecule has 0 aliphatic rings. The monoisotopic (exact) mass is 609 g/mol. The summed E-state index contributed by atoms with van der Waals surface area (Å²) in [5.41, 5.74) is 7.69. The Morgan fingerprint density at radius 2 is 1.16 bits per heavy atom. The van der Waals surface area contributed by atoms with Gasteiger partial charge in [-0.2, -0.15) is 0 Å². The highest BCUT2D eigenvalue weighted by molar-refractivity contribution is 7.26. The normalized spacial score (nSPS) is 12.0. The van der Waals surface area contributed by atoms with Crippen molar-refractivity contribution in [2.75, 3.05) is 0 Å². The maximum Gasteiger partial charge on any atom is 0.160 e. The van der Waals surface area contributed by atoms with E-state index >= 15 is 0 Å². The number of fused-ring (bicyclic) bond motifs is 9. The summed E-state index contributed by atoms with van der Waals surface area (Å²) in [5.74, 6) is 0.750. The van der Waals surface area contributed by atoms with Gasteiger partial charge in [-0.05, 0) is 42.5 Å². The fraction of sp³-hybridized carbons (Fsp3) is 0. The molecule has 0 bridgehead atoms. The molecule has 3 nitrogen and oxygen atoms in total. The maximum atomic E-state index is 5.16. The first-order valence-corrected chi connectivity index (χ1v) is 16.6. The summed E-state index contributed by atoms with van der Waals surface area (Å²) in [6.45, 7) is 0. The Kier molecular flexibility index (Phi) is 5.32. The third-order valence-corrected chi connectivity index (χ3v) is 11.1. The average molecular weight is 610 g/mol. The van der Waals surface area contributed by atoms with Crippen molar-refractivity contribution in [3.05, 3.63) is 140 Å². The number of thiophene rings is 2. The van der Waals surface area contributed by atoms with E-state index in [1.165, 1.54) is 46.7 Å². The van der Waals surface area contributed by atoms with Crippen molar-refractivity contribution in [1.29, 1.82) is 0 Å². The molecule has 0 aliphatic carbocycles. The molecule has 0 spiro atoms. The third kappa shape index (κ3) is 3.75. The minimum Gasteiger partial charge on any atom is -0.309 e. The molecule has 0 saturated heterocycles. The second-order valence-corrected chi connectivity index (χ2v) is 13.5. The maximum absolute atomic E-state index is 5.16. The second-order valence-electron chi connectivity index (χ2n) is 11.4. The number of nitrogens with zero attached hydrogens (tertiary/aromatic N) is 3. The number of hydrogen-bond acceptors (Lipinski definition) is 4. The van der Waals surface area contributed by atoms with Crippen LogP contribution in [0.15, 0.2) is 140 Å². The van der Waals surface area contributed by atoms with Gasteiger partial charge in [0.25, 0.3) is 0 Å². The molecule has 6 aromatic carbocycles. The topological polar surface area (TPSA) is 30.7 Å². The number of benzene rings is 6. The van der Waals surface area contributed by atoms with Gasteiger partial charge in [0.2, 0.25) is 0 Å². The highest BCUT2D eigenvalue weighted by Gasteiger charge is 2.19. The predicted molar refractivity (Wildman–Crippen MR) is 193 cm³/mol. The Morgan fingerprint density at radius 1 is 0.444 bits per heavy atom. The number of rotatable bonds is 3. The Bertz CT molecular complexity index is 2750. The van der Waals surface area contributed by atoms with E-state index in [0.29, 0.717) is 0 Å². The van der Waals surface area contributed by atoms with Crippen LogP contribution in [0.25, 0.3) is 90.6 Å². The predicted octanol–water partition coefficient (Wildman–Crippen LogP) is 11.6. The Labute approximate surface area is 266 Å². The van der Waals surface area contributed by atoms with Crippen LogP contribution in [0, 0.1) is 0 Å². The molecule has 0 unspecified atom stereocenters. The molecule has 0 radical (unpaired) electrons.